The summed E-state index contributed by atoms with van der Waals surface area (Å²) in [4.78, 5) is 15.1. The number of pyridine rings is 2. The van der Waals surface area contributed by atoms with Crippen molar-refractivity contribution in [3.8, 4) is 0 Å². The van der Waals surface area contributed by atoms with Gasteiger partial charge in [0.25, 0.3) is 0 Å². The lowest BCUT2D eigenvalue weighted by Crippen LogP contribution is -2.74. The van der Waals surface area contributed by atoms with E-state index < -0.39 is 8.07 Å². The molecule has 0 radical (unpaired) electrons. The maximum absolute atomic E-state index is 6.54. The van der Waals surface area contributed by atoms with E-state index in [-0.39, 0.29) is 0 Å². The van der Waals surface area contributed by atoms with Gasteiger partial charge in [-0.05, 0) is 73.0 Å². The van der Waals surface area contributed by atoms with Crippen LogP contribution in [0.2, 0.25) is 0 Å². The van der Waals surface area contributed by atoms with Crippen LogP contribution < -0.4 is 15.8 Å². The number of hydrogen-bond acceptors (Lipinski definition) is 4. The van der Waals surface area contributed by atoms with E-state index in [4.69, 9.17) is 19.4 Å². The number of fused-ring (bicyclic) bond motifs is 6. The van der Waals surface area contributed by atoms with Crippen molar-refractivity contribution in [3.63, 3.8) is 0 Å². The van der Waals surface area contributed by atoms with Gasteiger partial charge in [0.1, 0.15) is 11.3 Å². The summed E-state index contributed by atoms with van der Waals surface area (Å²) in [5.74, 6) is 1.05. The molecule has 5 heterocycles. The van der Waals surface area contributed by atoms with Crippen LogP contribution in [0, 0.1) is 0 Å². The molecular formula is C39H30N4OSi. The van der Waals surface area contributed by atoms with Gasteiger partial charge in [-0.2, -0.15) is 0 Å². The van der Waals surface area contributed by atoms with Crippen LogP contribution in [0.25, 0.3) is 44.5 Å². The van der Waals surface area contributed by atoms with Crippen molar-refractivity contribution >= 4 is 73.8 Å². The molecule has 0 N–H and O–H groups in total. The summed E-state index contributed by atoms with van der Waals surface area (Å²) in [6, 6.07) is 36.7. The van der Waals surface area contributed by atoms with Crippen LogP contribution >= 0.6 is 0 Å². The van der Waals surface area contributed by atoms with Crippen LogP contribution in [0.1, 0.15) is 30.6 Å². The first-order valence-electron chi connectivity index (χ1n) is 15.6. The molecule has 2 aliphatic rings. The van der Waals surface area contributed by atoms with Crippen LogP contribution in [-0.2, 0) is 6.42 Å². The number of benzene rings is 3. The first-order valence-corrected chi connectivity index (χ1v) is 17.6. The lowest BCUT2D eigenvalue weighted by Gasteiger charge is -2.33. The number of furan rings is 1. The Bertz CT molecular complexity index is 2240. The van der Waals surface area contributed by atoms with Gasteiger partial charge in [0.2, 0.25) is 8.07 Å². The summed E-state index contributed by atoms with van der Waals surface area (Å²) in [5, 5.41) is 8.21. The second kappa shape index (κ2) is 10.4. The van der Waals surface area contributed by atoms with Gasteiger partial charge >= 0.3 is 0 Å². The molecule has 4 aromatic heterocycles. The normalized spacial score (nSPS) is 14.9. The monoisotopic (exact) mass is 598 g/mol. The molecule has 6 heteroatoms. The van der Waals surface area contributed by atoms with Crippen molar-refractivity contribution in [2.24, 2.45) is 4.99 Å². The van der Waals surface area contributed by atoms with E-state index in [9.17, 15) is 0 Å². The summed E-state index contributed by atoms with van der Waals surface area (Å²) in [6.45, 7) is 0. The Morgan fingerprint density at radius 2 is 1.36 bits per heavy atom. The van der Waals surface area contributed by atoms with Crippen LogP contribution in [0.4, 0.5) is 0 Å². The molecule has 9 rings (SSSR count). The molecule has 0 fully saturated rings. The summed E-state index contributed by atoms with van der Waals surface area (Å²) in [7, 11) is -2.89. The van der Waals surface area contributed by atoms with E-state index in [1.165, 1.54) is 43.6 Å². The average Bonchev–Trinajstić information content (AvgIpc) is 3.65. The minimum Gasteiger partial charge on any atom is -0.460 e. The molecule has 1 aliphatic heterocycles. The second-order valence-electron chi connectivity index (χ2n) is 11.8. The predicted molar refractivity (Wildman–Crippen MR) is 187 cm³/mol. The van der Waals surface area contributed by atoms with E-state index in [1.54, 1.807) is 0 Å². The Hall–Kier alpha value is -5.33. The highest BCUT2D eigenvalue weighted by molar-refractivity contribution is 7.30. The zero-order valence-electron chi connectivity index (χ0n) is 24.7. The van der Waals surface area contributed by atoms with Gasteiger partial charge in [0.05, 0.1) is 11.0 Å². The molecule has 0 spiro atoms. The number of hydrogen-bond donors (Lipinski definition) is 0. The second-order valence-corrected chi connectivity index (χ2v) is 15.5. The summed E-state index contributed by atoms with van der Waals surface area (Å²) < 4.78 is 8.99. The zero-order valence-corrected chi connectivity index (χ0v) is 25.7. The third-order valence-corrected chi connectivity index (χ3v) is 14.0. The maximum atomic E-state index is 6.54. The van der Waals surface area contributed by atoms with E-state index >= 15 is 0 Å². The highest BCUT2D eigenvalue weighted by Crippen LogP contribution is 2.39. The van der Waals surface area contributed by atoms with Gasteiger partial charge in [0.15, 0.2) is 0 Å². The molecule has 0 atom stereocenters. The summed E-state index contributed by atoms with van der Waals surface area (Å²) in [5.41, 5.74) is 5.85. The number of aliphatic imine (C=N–C) groups is 1. The number of allylic oxidation sites excluding steroid dienone is 2. The molecule has 0 saturated heterocycles. The number of aryl methyl sites for hydroxylation is 1. The molecule has 5 nitrogen and oxygen atoms in total. The Labute approximate surface area is 261 Å². The maximum Gasteiger partial charge on any atom is 0.238 e. The number of nitrogens with zero attached hydrogens (tertiary/aromatic N) is 4. The fourth-order valence-electron chi connectivity index (χ4n) is 7.48. The fraction of sp³-hybridized carbons (Fsp3) is 0.103. The van der Waals surface area contributed by atoms with Crippen molar-refractivity contribution in [1.29, 1.82) is 0 Å². The van der Waals surface area contributed by atoms with Crippen molar-refractivity contribution in [1.82, 2.24) is 14.5 Å². The van der Waals surface area contributed by atoms with E-state index in [0.29, 0.717) is 0 Å². The van der Waals surface area contributed by atoms with Crippen molar-refractivity contribution in [2.75, 3.05) is 0 Å². The van der Waals surface area contributed by atoms with Gasteiger partial charge in [0, 0.05) is 68.4 Å². The van der Waals surface area contributed by atoms with Crippen LogP contribution in [0.5, 0.6) is 0 Å². The lowest BCUT2D eigenvalue weighted by atomic mass is 9.99. The zero-order chi connectivity index (χ0) is 29.8. The number of aromatic nitrogens is 3. The molecule has 0 saturated carbocycles. The smallest absolute Gasteiger partial charge is 0.238 e. The van der Waals surface area contributed by atoms with Crippen LogP contribution in [0.15, 0.2) is 137 Å². The Kier molecular flexibility index (Phi) is 6.03. The van der Waals surface area contributed by atoms with Gasteiger partial charge < -0.3 is 8.98 Å². The van der Waals surface area contributed by atoms with E-state index in [0.717, 1.165) is 53.0 Å². The average molecular weight is 599 g/mol. The third-order valence-electron chi connectivity index (χ3n) is 9.44. The number of para-hydroxylation sites is 2. The lowest BCUT2D eigenvalue weighted by molar-refractivity contribution is 0.546. The molecule has 1 aliphatic carbocycles. The van der Waals surface area contributed by atoms with Crippen molar-refractivity contribution in [3.05, 3.63) is 139 Å². The molecule has 0 bridgehead atoms. The molecule has 0 amide bonds. The van der Waals surface area contributed by atoms with Crippen molar-refractivity contribution in [2.45, 2.75) is 25.7 Å². The molecule has 216 valence electrons. The van der Waals surface area contributed by atoms with Gasteiger partial charge in [-0.25, -0.2) is 0 Å². The van der Waals surface area contributed by atoms with Crippen LogP contribution in [-0.4, -0.2) is 27.9 Å². The topological polar surface area (TPSA) is 56.2 Å². The van der Waals surface area contributed by atoms with Gasteiger partial charge in [-0.15, -0.1) is 0 Å². The van der Waals surface area contributed by atoms with Crippen LogP contribution in [0.3, 0.4) is 0 Å². The minimum absolute atomic E-state index is 0.854. The largest absolute Gasteiger partial charge is 0.460 e. The summed E-state index contributed by atoms with van der Waals surface area (Å²) in [6.07, 6.45) is 13.9. The molecule has 3 aromatic carbocycles. The number of rotatable bonds is 5. The van der Waals surface area contributed by atoms with Gasteiger partial charge in [-0.1, -0.05) is 66.7 Å². The highest BCUT2D eigenvalue weighted by atomic mass is 28.3. The first-order chi connectivity index (χ1) is 22.3. The predicted octanol–water partition coefficient (Wildman–Crippen LogP) is 7.03. The highest BCUT2D eigenvalue weighted by Gasteiger charge is 2.47. The minimum atomic E-state index is -2.89. The fourth-order valence-corrected chi connectivity index (χ4v) is 12.0. The third kappa shape index (κ3) is 3.95. The Balaban J connectivity index is 1.30. The quantitative estimate of drug-likeness (QED) is 0.200. The summed E-state index contributed by atoms with van der Waals surface area (Å²) >= 11 is 0. The molecule has 7 aromatic rings. The molecule has 45 heavy (non-hydrogen) atoms. The van der Waals surface area contributed by atoms with E-state index in [2.05, 4.69) is 108 Å². The van der Waals surface area contributed by atoms with E-state index in [1.807, 2.05) is 30.7 Å². The first kappa shape index (κ1) is 26.1. The Morgan fingerprint density at radius 3 is 2.00 bits per heavy atom. The molecular weight excluding hydrogens is 569 g/mol. The Morgan fingerprint density at radius 1 is 0.667 bits per heavy atom. The van der Waals surface area contributed by atoms with Gasteiger partial charge in [-0.3, -0.25) is 15.0 Å². The SMILES string of the molecule is C1=CN=C([Si](c2ccc3oc4c(c3c2)C=C(n2c3ccccc3c3ccccc32)CC4)(c2ccccn2)c2ccccn2)CC1. The van der Waals surface area contributed by atoms with Crippen molar-refractivity contribution < 1.29 is 4.42 Å². The molecule has 0 unspecified atom stereocenters. The standard InChI is InChI=1S/C39H30N4OSi/c1-3-13-33-29(11-1)30-12-2-4-14-34(30)43(33)27-18-20-35-31(25-27)32-26-28(19-21-36(32)44-35)45(37-15-5-8-22-40-37,38-16-6-9-23-41-38)39-17-7-10-24-42-39/h1-6,8-16,19,21-26H,7,17-18,20H2.